The number of hydrogen-bond donors (Lipinski definition) is 1. The number of benzene rings is 1. The topological polar surface area (TPSA) is 26.0 Å². The lowest BCUT2D eigenvalue weighted by molar-refractivity contribution is 0.610. The minimum atomic E-state index is -0.228. The molecule has 0 fully saturated rings. The van der Waals surface area contributed by atoms with Gasteiger partial charge in [0.05, 0.1) is 0 Å². The number of allylic oxidation sites excluding steroid dienone is 1. The summed E-state index contributed by atoms with van der Waals surface area (Å²) >= 11 is 3.32. The Morgan fingerprint density at radius 3 is 2.79 bits per heavy atom. The van der Waals surface area contributed by atoms with E-state index in [0.717, 1.165) is 17.3 Å². The second-order valence-electron chi connectivity index (χ2n) is 2.93. The van der Waals surface area contributed by atoms with Crippen molar-refractivity contribution >= 4 is 22.0 Å². The molecule has 0 radical (unpaired) electrons. The summed E-state index contributed by atoms with van der Waals surface area (Å²) in [5.41, 5.74) is 6.79. The van der Waals surface area contributed by atoms with E-state index in [1.807, 2.05) is 18.2 Å². The molecule has 2 N–H and O–H groups in total. The minimum Gasteiger partial charge on any atom is -0.326 e. The maximum Gasteiger partial charge on any atom is 0.128 e. The van der Waals surface area contributed by atoms with E-state index in [0.29, 0.717) is 5.56 Å². The van der Waals surface area contributed by atoms with Crippen LogP contribution in [0, 0.1) is 5.82 Å². The average molecular weight is 258 g/mol. The summed E-state index contributed by atoms with van der Waals surface area (Å²) in [6, 6.07) is 5.10. The monoisotopic (exact) mass is 257 g/mol. The van der Waals surface area contributed by atoms with Gasteiger partial charge in [0, 0.05) is 17.4 Å². The molecule has 0 aliphatic rings. The lowest BCUT2D eigenvalue weighted by Crippen LogP contribution is -1.99. The van der Waals surface area contributed by atoms with Crippen molar-refractivity contribution in [3.05, 3.63) is 41.2 Å². The van der Waals surface area contributed by atoms with Crippen molar-refractivity contribution in [1.29, 1.82) is 0 Å². The van der Waals surface area contributed by atoms with Crippen molar-refractivity contribution < 1.29 is 4.39 Å². The highest BCUT2D eigenvalue weighted by Crippen LogP contribution is 2.11. The molecular weight excluding hydrogens is 245 g/mol. The van der Waals surface area contributed by atoms with E-state index < -0.39 is 0 Å². The molecule has 1 nitrogen and oxygen atoms in total. The normalized spacial score (nSPS) is 11.1. The Labute approximate surface area is 91.9 Å². The van der Waals surface area contributed by atoms with E-state index in [9.17, 15) is 4.39 Å². The van der Waals surface area contributed by atoms with Crippen LogP contribution in [-0.2, 0) is 6.54 Å². The Hall–Kier alpha value is -0.670. The van der Waals surface area contributed by atoms with Crippen LogP contribution in [0.15, 0.2) is 24.3 Å². The van der Waals surface area contributed by atoms with Crippen molar-refractivity contribution in [2.24, 2.45) is 5.73 Å². The lowest BCUT2D eigenvalue weighted by atomic mass is 10.1. The van der Waals surface area contributed by atoms with E-state index in [2.05, 4.69) is 15.9 Å². The molecule has 0 bridgehead atoms. The van der Waals surface area contributed by atoms with Crippen LogP contribution < -0.4 is 5.73 Å². The number of alkyl halides is 1. The third kappa shape index (κ3) is 3.24. The van der Waals surface area contributed by atoms with Crippen LogP contribution >= 0.6 is 15.9 Å². The number of nitrogens with two attached hydrogens (primary N) is 1. The fraction of sp³-hybridized carbons (Fsp3) is 0.273. The molecule has 1 rings (SSSR count). The average Bonchev–Trinajstić information content (AvgIpc) is 2.18. The van der Waals surface area contributed by atoms with Gasteiger partial charge in [0.15, 0.2) is 0 Å². The summed E-state index contributed by atoms with van der Waals surface area (Å²) in [5, 5.41) is 0.923. The number of halogens is 2. The largest absolute Gasteiger partial charge is 0.326 e. The Morgan fingerprint density at radius 1 is 1.43 bits per heavy atom. The van der Waals surface area contributed by atoms with Crippen LogP contribution in [0.5, 0.6) is 0 Å². The Bertz CT molecular complexity index is 323. The van der Waals surface area contributed by atoms with Gasteiger partial charge in [-0.05, 0) is 18.1 Å². The van der Waals surface area contributed by atoms with Gasteiger partial charge >= 0.3 is 0 Å². The molecule has 0 spiro atoms. The standard InChI is InChI=1S/C11H13BrFN/c12-6-2-1-3-9-4-5-10(8-14)11(13)7-9/h1,3-5,7H,2,6,8,14H2. The van der Waals surface area contributed by atoms with Crippen molar-refractivity contribution in [3.63, 3.8) is 0 Å². The summed E-state index contributed by atoms with van der Waals surface area (Å²) in [7, 11) is 0. The van der Waals surface area contributed by atoms with Crippen molar-refractivity contribution in [1.82, 2.24) is 0 Å². The summed E-state index contributed by atoms with van der Waals surface area (Å²) in [5.74, 6) is -0.228. The third-order valence-corrected chi connectivity index (χ3v) is 2.34. The smallest absolute Gasteiger partial charge is 0.128 e. The minimum absolute atomic E-state index is 0.228. The first-order valence-corrected chi connectivity index (χ1v) is 5.61. The summed E-state index contributed by atoms with van der Waals surface area (Å²) in [6.07, 6.45) is 4.86. The molecule has 0 unspecified atom stereocenters. The zero-order chi connectivity index (χ0) is 10.4. The van der Waals surface area contributed by atoms with Crippen molar-refractivity contribution in [2.75, 3.05) is 5.33 Å². The first-order valence-electron chi connectivity index (χ1n) is 4.49. The van der Waals surface area contributed by atoms with Gasteiger partial charge in [0.2, 0.25) is 0 Å². The molecule has 0 saturated heterocycles. The van der Waals surface area contributed by atoms with Crippen LogP contribution in [-0.4, -0.2) is 5.33 Å². The van der Waals surface area contributed by atoms with E-state index in [1.165, 1.54) is 6.07 Å². The van der Waals surface area contributed by atoms with Crippen LogP contribution in [0.1, 0.15) is 17.5 Å². The Balaban J connectivity index is 2.76. The molecular formula is C11H13BrFN. The molecule has 0 aliphatic heterocycles. The molecule has 76 valence electrons. The number of rotatable bonds is 4. The van der Waals surface area contributed by atoms with Gasteiger partial charge in [-0.1, -0.05) is 40.2 Å². The molecule has 0 aliphatic carbocycles. The first kappa shape index (κ1) is 11.4. The van der Waals surface area contributed by atoms with Gasteiger partial charge in [-0.2, -0.15) is 0 Å². The number of hydrogen-bond acceptors (Lipinski definition) is 1. The van der Waals surface area contributed by atoms with Crippen LogP contribution in [0.3, 0.4) is 0 Å². The van der Waals surface area contributed by atoms with Gasteiger partial charge < -0.3 is 5.73 Å². The van der Waals surface area contributed by atoms with Gasteiger partial charge in [0.1, 0.15) is 5.82 Å². The molecule has 0 atom stereocenters. The van der Waals surface area contributed by atoms with Gasteiger partial charge in [0.25, 0.3) is 0 Å². The summed E-state index contributed by atoms with van der Waals surface area (Å²) in [6.45, 7) is 0.247. The molecule has 0 heterocycles. The third-order valence-electron chi connectivity index (χ3n) is 1.88. The highest BCUT2D eigenvalue weighted by atomic mass is 79.9. The van der Waals surface area contributed by atoms with E-state index in [4.69, 9.17) is 5.73 Å². The maximum atomic E-state index is 13.2. The van der Waals surface area contributed by atoms with Crippen molar-refractivity contribution in [3.8, 4) is 0 Å². The Morgan fingerprint density at radius 2 is 2.21 bits per heavy atom. The zero-order valence-corrected chi connectivity index (χ0v) is 9.43. The highest BCUT2D eigenvalue weighted by Gasteiger charge is 1.99. The van der Waals surface area contributed by atoms with E-state index in [1.54, 1.807) is 6.07 Å². The maximum absolute atomic E-state index is 13.2. The SMILES string of the molecule is NCc1ccc(C=CCCBr)cc1F. The zero-order valence-electron chi connectivity index (χ0n) is 7.84. The molecule has 14 heavy (non-hydrogen) atoms. The predicted octanol–water partition coefficient (Wildman–Crippen LogP) is 3.08. The van der Waals surface area contributed by atoms with Crippen LogP contribution in [0.4, 0.5) is 4.39 Å². The van der Waals surface area contributed by atoms with Gasteiger partial charge in [-0.3, -0.25) is 0 Å². The van der Waals surface area contributed by atoms with Crippen LogP contribution in [0.25, 0.3) is 6.08 Å². The highest BCUT2D eigenvalue weighted by molar-refractivity contribution is 9.09. The molecule has 0 saturated carbocycles. The quantitative estimate of drug-likeness (QED) is 0.825. The van der Waals surface area contributed by atoms with Gasteiger partial charge in [-0.15, -0.1) is 0 Å². The second kappa shape index (κ2) is 5.94. The predicted molar refractivity (Wildman–Crippen MR) is 61.7 cm³/mol. The molecule has 1 aromatic carbocycles. The molecule has 3 heteroatoms. The van der Waals surface area contributed by atoms with E-state index >= 15 is 0 Å². The van der Waals surface area contributed by atoms with Gasteiger partial charge in [-0.25, -0.2) is 4.39 Å². The summed E-state index contributed by atoms with van der Waals surface area (Å²) in [4.78, 5) is 0. The lowest BCUT2D eigenvalue weighted by Gasteiger charge is -2.00. The second-order valence-corrected chi connectivity index (χ2v) is 3.73. The molecule has 0 amide bonds. The fourth-order valence-corrected chi connectivity index (χ4v) is 1.38. The van der Waals surface area contributed by atoms with Crippen molar-refractivity contribution in [2.45, 2.75) is 13.0 Å². The molecule has 0 aromatic heterocycles. The van der Waals surface area contributed by atoms with E-state index in [-0.39, 0.29) is 12.4 Å². The summed E-state index contributed by atoms with van der Waals surface area (Å²) < 4.78 is 13.2. The Kier molecular flexibility index (Phi) is 4.84. The fourth-order valence-electron chi connectivity index (χ4n) is 1.12. The van der Waals surface area contributed by atoms with Crippen LogP contribution in [0.2, 0.25) is 0 Å². The molecule has 1 aromatic rings. The first-order chi connectivity index (χ1) is 6.77.